The SMILES string of the molecule is CC(C)C(CNC(=O)CCCCCNC(=O)OCC1c2ccccc2-c2ccccc21)CC(=O)O. The molecule has 0 saturated carbocycles. The van der Waals surface area contributed by atoms with E-state index in [1.54, 1.807) is 0 Å². The van der Waals surface area contributed by atoms with Crippen LogP contribution in [-0.2, 0) is 14.3 Å². The number of hydrogen-bond acceptors (Lipinski definition) is 4. The monoisotopic (exact) mass is 480 g/mol. The van der Waals surface area contributed by atoms with Crippen LogP contribution in [0.1, 0.15) is 63.0 Å². The number of unbranched alkanes of at least 4 members (excludes halogenated alkanes) is 2. The van der Waals surface area contributed by atoms with Gasteiger partial charge in [0.1, 0.15) is 6.61 Å². The van der Waals surface area contributed by atoms with E-state index in [1.165, 1.54) is 22.3 Å². The highest BCUT2D eigenvalue weighted by molar-refractivity contribution is 5.79. The molecule has 1 unspecified atom stereocenters. The van der Waals surface area contributed by atoms with Gasteiger partial charge in [-0.15, -0.1) is 0 Å². The molecule has 0 saturated heterocycles. The fourth-order valence-electron chi connectivity index (χ4n) is 4.53. The minimum atomic E-state index is -0.846. The van der Waals surface area contributed by atoms with Gasteiger partial charge in [-0.05, 0) is 46.9 Å². The zero-order chi connectivity index (χ0) is 25.2. The van der Waals surface area contributed by atoms with Crippen molar-refractivity contribution in [3.63, 3.8) is 0 Å². The third-order valence-corrected chi connectivity index (χ3v) is 6.63. The summed E-state index contributed by atoms with van der Waals surface area (Å²) in [6.45, 7) is 5.09. The Morgan fingerprint density at radius 3 is 2.14 bits per heavy atom. The molecule has 0 aromatic heterocycles. The molecule has 1 aliphatic carbocycles. The van der Waals surface area contributed by atoms with Crippen LogP contribution in [0.2, 0.25) is 0 Å². The predicted octanol–water partition coefficient (Wildman–Crippen LogP) is 4.95. The Morgan fingerprint density at radius 2 is 1.54 bits per heavy atom. The first-order valence-corrected chi connectivity index (χ1v) is 12.4. The van der Waals surface area contributed by atoms with Gasteiger partial charge in [-0.25, -0.2) is 4.79 Å². The molecule has 2 amide bonds. The Labute approximate surface area is 207 Å². The summed E-state index contributed by atoms with van der Waals surface area (Å²) in [5.41, 5.74) is 4.76. The number of fused-ring (bicyclic) bond motifs is 3. The molecule has 0 radical (unpaired) electrons. The zero-order valence-corrected chi connectivity index (χ0v) is 20.6. The van der Waals surface area contributed by atoms with Gasteiger partial charge < -0.3 is 20.5 Å². The largest absolute Gasteiger partial charge is 0.481 e. The van der Waals surface area contributed by atoms with E-state index in [0.29, 0.717) is 32.5 Å². The van der Waals surface area contributed by atoms with E-state index in [0.717, 1.165) is 12.8 Å². The number of rotatable bonds is 13. The number of carbonyl (C=O) groups is 3. The van der Waals surface area contributed by atoms with Crippen molar-refractivity contribution in [3.8, 4) is 11.1 Å². The second kappa shape index (κ2) is 12.9. The normalized spacial score (nSPS) is 13.1. The second-order valence-corrected chi connectivity index (χ2v) is 9.47. The topological polar surface area (TPSA) is 105 Å². The highest BCUT2D eigenvalue weighted by Crippen LogP contribution is 2.44. The summed E-state index contributed by atoms with van der Waals surface area (Å²) in [7, 11) is 0. The van der Waals surface area contributed by atoms with Crippen molar-refractivity contribution in [3.05, 3.63) is 59.7 Å². The number of carbonyl (C=O) groups excluding carboxylic acids is 2. The molecule has 0 bridgehead atoms. The molecule has 2 aromatic rings. The molecule has 0 spiro atoms. The molecule has 1 aliphatic rings. The van der Waals surface area contributed by atoms with Crippen molar-refractivity contribution in [2.24, 2.45) is 11.8 Å². The van der Waals surface area contributed by atoms with E-state index in [-0.39, 0.29) is 30.1 Å². The minimum Gasteiger partial charge on any atom is -0.481 e. The van der Waals surface area contributed by atoms with Crippen molar-refractivity contribution in [1.82, 2.24) is 10.6 Å². The summed E-state index contributed by atoms with van der Waals surface area (Å²) in [6, 6.07) is 16.5. The lowest BCUT2D eigenvalue weighted by atomic mass is 9.92. The average Bonchev–Trinajstić information content (AvgIpc) is 3.16. The van der Waals surface area contributed by atoms with E-state index in [9.17, 15) is 14.4 Å². The highest BCUT2D eigenvalue weighted by atomic mass is 16.5. The van der Waals surface area contributed by atoms with Gasteiger partial charge in [0.2, 0.25) is 5.91 Å². The van der Waals surface area contributed by atoms with Crippen LogP contribution in [0.4, 0.5) is 4.79 Å². The first-order valence-electron chi connectivity index (χ1n) is 12.4. The van der Waals surface area contributed by atoms with Gasteiger partial charge in [0.05, 0.1) is 6.42 Å². The van der Waals surface area contributed by atoms with E-state index in [1.807, 2.05) is 38.1 Å². The third-order valence-electron chi connectivity index (χ3n) is 6.63. The van der Waals surface area contributed by atoms with Gasteiger partial charge in [-0.3, -0.25) is 9.59 Å². The molecule has 0 heterocycles. The maximum atomic E-state index is 12.2. The molecule has 3 N–H and O–H groups in total. The number of aliphatic carboxylic acids is 1. The molecule has 188 valence electrons. The zero-order valence-electron chi connectivity index (χ0n) is 20.6. The Bertz CT molecular complexity index is 974. The van der Waals surface area contributed by atoms with Crippen LogP contribution >= 0.6 is 0 Å². The summed E-state index contributed by atoms with van der Waals surface area (Å²) in [5, 5.41) is 14.6. The van der Waals surface area contributed by atoms with Crippen molar-refractivity contribution in [2.75, 3.05) is 19.7 Å². The van der Waals surface area contributed by atoms with Crippen LogP contribution in [0.15, 0.2) is 48.5 Å². The van der Waals surface area contributed by atoms with Gasteiger partial charge in [0.25, 0.3) is 0 Å². The smallest absolute Gasteiger partial charge is 0.407 e. The van der Waals surface area contributed by atoms with Crippen LogP contribution in [0, 0.1) is 11.8 Å². The molecule has 0 aliphatic heterocycles. The summed E-state index contributed by atoms with van der Waals surface area (Å²) in [6.07, 6.45) is 2.29. The fraction of sp³-hybridized carbons (Fsp3) is 0.464. The van der Waals surface area contributed by atoms with Crippen molar-refractivity contribution >= 4 is 18.0 Å². The van der Waals surface area contributed by atoms with E-state index >= 15 is 0 Å². The van der Waals surface area contributed by atoms with Gasteiger partial charge >= 0.3 is 12.1 Å². The molecule has 1 atom stereocenters. The molecule has 3 rings (SSSR count). The first-order chi connectivity index (χ1) is 16.9. The summed E-state index contributed by atoms with van der Waals surface area (Å²) in [5.74, 6) is -0.752. The lowest BCUT2D eigenvalue weighted by Gasteiger charge is -2.19. The predicted molar refractivity (Wildman–Crippen MR) is 135 cm³/mol. The number of carboxylic acid groups (broad SMARTS) is 1. The van der Waals surface area contributed by atoms with Crippen LogP contribution in [0.25, 0.3) is 11.1 Å². The second-order valence-electron chi connectivity index (χ2n) is 9.47. The lowest BCUT2D eigenvalue weighted by Crippen LogP contribution is -2.32. The Hall–Kier alpha value is -3.35. The molecule has 35 heavy (non-hydrogen) atoms. The number of nitrogens with one attached hydrogen (secondary N) is 2. The van der Waals surface area contributed by atoms with Crippen molar-refractivity contribution in [2.45, 2.75) is 51.9 Å². The molecular formula is C28H36N2O5. The van der Waals surface area contributed by atoms with Crippen LogP contribution in [0.3, 0.4) is 0 Å². The van der Waals surface area contributed by atoms with Gasteiger partial charge in [-0.1, -0.05) is 68.8 Å². The number of amides is 2. The van der Waals surface area contributed by atoms with E-state index in [2.05, 4.69) is 34.9 Å². The van der Waals surface area contributed by atoms with E-state index in [4.69, 9.17) is 9.84 Å². The first kappa shape index (κ1) is 26.3. The van der Waals surface area contributed by atoms with Gasteiger partial charge in [0.15, 0.2) is 0 Å². The summed E-state index contributed by atoms with van der Waals surface area (Å²) >= 11 is 0. The Morgan fingerprint density at radius 1 is 0.914 bits per heavy atom. The molecule has 7 heteroatoms. The number of benzene rings is 2. The summed E-state index contributed by atoms with van der Waals surface area (Å²) < 4.78 is 5.53. The van der Waals surface area contributed by atoms with Gasteiger partial charge in [-0.2, -0.15) is 0 Å². The van der Waals surface area contributed by atoms with Crippen LogP contribution < -0.4 is 10.6 Å². The Kier molecular flexibility index (Phi) is 9.70. The number of alkyl carbamates (subject to hydrolysis) is 1. The number of ether oxygens (including phenoxy) is 1. The molecule has 0 fully saturated rings. The van der Waals surface area contributed by atoms with Gasteiger partial charge in [0, 0.05) is 25.4 Å². The quantitative estimate of drug-likeness (QED) is 0.352. The highest BCUT2D eigenvalue weighted by Gasteiger charge is 2.28. The third kappa shape index (κ3) is 7.57. The van der Waals surface area contributed by atoms with E-state index < -0.39 is 12.1 Å². The van der Waals surface area contributed by atoms with Crippen LogP contribution in [0.5, 0.6) is 0 Å². The number of carboxylic acids is 1. The number of hydrogen-bond donors (Lipinski definition) is 3. The standard InChI is InChI=1S/C28H36N2O5/c1-19(2)20(16-27(32)33)17-30-26(31)14-4-3-9-15-29-28(34)35-18-25-23-12-7-5-10-21(23)22-11-6-8-13-24(22)25/h5-8,10-13,19-20,25H,3-4,9,14-18H2,1-2H3,(H,29,34)(H,30,31)(H,32,33). The molecular weight excluding hydrogens is 444 g/mol. The Balaban J connectivity index is 1.30. The average molecular weight is 481 g/mol. The molecule has 2 aromatic carbocycles. The maximum absolute atomic E-state index is 12.2. The fourth-order valence-corrected chi connectivity index (χ4v) is 4.53. The minimum absolute atomic E-state index is 0.0393. The maximum Gasteiger partial charge on any atom is 0.407 e. The molecule has 7 nitrogen and oxygen atoms in total. The summed E-state index contributed by atoms with van der Waals surface area (Å²) in [4.78, 5) is 35.2. The lowest BCUT2D eigenvalue weighted by molar-refractivity contribution is -0.138. The van der Waals surface area contributed by atoms with Crippen molar-refractivity contribution < 1.29 is 24.2 Å². The van der Waals surface area contributed by atoms with Crippen molar-refractivity contribution in [1.29, 1.82) is 0 Å². The van der Waals surface area contributed by atoms with Crippen LogP contribution in [-0.4, -0.2) is 42.8 Å².